The van der Waals surface area contributed by atoms with E-state index in [4.69, 9.17) is 0 Å². The van der Waals surface area contributed by atoms with E-state index in [9.17, 15) is 18.0 Å². The Morgan fingerprint density at radius 1 is 1.03 bits per heavy atom. The zero-order valence-corrected chi connectivity index (χ0v) is 20.9. The van der Waals surface area contributed by atoms with Crippen LogP contribution < -0.4 is 10.2 Å². The Hall–Kier alpha value is -2.71. The van der Waals surface area contributed by atoms with Gasteiger partial charge < -0.3 is 5.32 Å². The highest BCUT2D eigenvalue weighted by Gasteiger charge is 2.51. The summed E-state index contributed by atoms with van der Waals surface area (Å²) in [5.74, 6) is -0.734. The zero-order valence-electron chi connectivity index (χ0n) is 20.1. The molecule has 2 aromatic rings. The molecular formula is C26H33N3O4S. The fourth-order valence-corrected chi connectivity index (χ4v) is 6.50. The van der Waals surface area contributed by atoms with Gasteiger partial charge in [-0.15, -0.1) is 0 Å². The number of hydrogen-bond donors (Lipinski definition) is 1. The largest absolute Gasteiger partial charge is 0.351 e. The van der Waals surface area contributed by atoms with E-state index in [1.54, 1.807) is 25.1 Å². The van der Waals surface area contributed by atoms with Gasteiger partial charge in [0.2, 0.25) is 21.8 Å². The molecule has 0 spiro atoms. The quantitative estimate of drug-likeness (QED) is 0.705. The van der Waals surface area contributed by atoms with E-state index in [-0.39, 0.29) is 29.9 Å². The standard InChI is InChI=1S/C26H33N3O4S/c1-19-14-15-20(2)23(16-19)29-24(30)17-28(34(32,33)22-12-8-5-9-13-22)18-26(29,3)25(31)27-21-10-6-4-7-11-21/h5,8-9,12-16,21H,4,6-7,10-11,17-18H2,1-3H3,(H,27,31)/t26-/m0/s1. The third-order valence-electron chi connectivity index (χ3n) is 6.95. The minimum Gasteiger partial charge on any atom is -0.351 e. The van der Waals surface area contributed by atoms with Gasteiger partial charge >= 0.3 is 0 Å². The molecule has 2 aliphatic rings. The maximum absolute atomic E-state index is 13.8. The molecule has 182 valence electrons. The highest BCUT2D eigenvalue weighted by atomic mass is 32.2. The molecule has 8 heteroatoms. The molecule has 2 fully saturated rings. The molecular weight excluding hydrogens is 450 g/mol. The van der Waals surface area contributed by atoms with Gasteiger partial charge in [-0.25, -0.2) is 8.42 Å². The van der Waals surface area contributed by atoms with E-state index < -0.39 is 21.5 Å². The van der Waals surface area contributed by atoms with Gasteiger partial charge in [0.25, 0.3) is 0 Å². The Kier molecular flexibility index (Phi) is 6.82. The lowest BCUT2D eigenvalue weighted by Gasteiger charge is -2.47. The Morgan fingerprint density at radius 3 is 2.38 bits per heavy atom. The number of anilines is 1. The van der Waals surface area contributed by atoms with Gasteiger partial charge in [0.1, 0.15) is 5.54 Å². The Bertz CT molecular complexity index is 1180. The molecule has 7 nitrogen and oxygen atoms in total. The number of piperazine rings is 1. The summed E-state index contributed by atoms with van der Waals surface area (Å²) in [5, 5.41) is 3.14. The molecule has 2 aromatic carbocycles. The van der Waals surface area contributed by atoms with Crippen molar-refractivity contribution in [3.8, 4) is 0 Å². The first kappa shape index (κ1) is 24.4. The number of benzene rings is 2. The lowest BCUT2D eigenvalue weighted by molar-refractivity contribution is -0.133. The lowest BCUT2D eigenvalue weighted by atomic mass is 9.90. The summed E-state index contributed by atoms with van der Waals surface area (Å²) < 4.78 is 28.0. The second kappa shape index (κ2) is 9.50. The highest BCUT2D eigenvalue weighted by molar-refractivity contribution is 7.89. The van der Waals surface area contributed by atoms with E-state index in [0.29, 0.717) is 5.69 Å². The summed E-state index contributed by atoms with van der Waals surface area (Å²) in [6, 6.07) is 13.9. The number of nitrogens with one attached hydrogen (secondary N) is 1. The normalized spacial score (nSPS) is 22.6. The highest BCUT2D eigenvalue weighted by Crippen LogP contribution is 2.35. The van der Waals surface area contributed by atoms with E-state index in [2.05, 4.69) is 5.32 Å². The van der Waals surface area contributed by atoms with Crippen molar-refractivity contribution >= 4 is 27.5 Å². The summed E-state index contributed by atoms with van der Waals surface area (Å²) in [4.78, 5) is 29.0. The Balaban J connectivity index is 1.75. The van der Waals surface area contributed by atoms with Gasteiger partial charge in [-0.05, 0) is 62.9 Å². The van der Waals surface area contributed by atoms with E-state index in [1.165, 1.54) is 17.0 Å². The monoisotopic (exact) mass is 483 g/mol. The third-order valence-corrected chi connectivity index (χ3v) is 8.76. The number of nitrogens with zero attached hydrogens (tertiary/aromatic N) is 2. The molecule has 0 radical (unpaired) electrons. The maximum Gasteiger partial charge on any atom is 0.247 e. The van der Waals surface area contributed by atoms with Gasteiger partial charge in [0.15, 0.2) is 0 Å². The molecule has 0 aromatic heterocycles. The Morgan fingerprint density at radius 2 is 1.71 bits per heavy atom. The van der Waals surface area contributed by atoms with Gasteiger partial charge in [-0.3, -0.25) is 14.5 Å². The van der Waals surface area contributed by atoms with Crippen molar-refractivity contribution in [1.29, 1.82) is 0 Å². The van der Waals surface area contributed by atoms with Gasteiger partial charge in [0.05, 0.1) is 11.4 Å². The van der Waals surface area contributed by atoms with Gasteiger partial charge in [-0.1, -0.05) is 49.6 Å². The number of carbonyl (C=O) groups excluding carboxylic acids is 2. The molecule has 1 atom stereocenters. The first-order valence-corrected chi connectivity index (χ1v) is 13.3. The van der Waals surface area contributed by atoms with Crippen molar-refractivity contribution in [1.82, 2.24) is 9.62 Å². The smallest absolute Gasteiger partial charge is 0.247 e. The van der Waals surface area contributed by atoms with Crippen LogP contribution in [0.5, 0.6) is 0 Å². The predicted octanol–water partition coefficient (Wildman–Crippen LogP) is 3.55. The first-order chi connectivity index (χ1) is 16.1. The molecule has 2 amide bonds. The van der Waals surface area contributed by atoms with E-state index in [1.807, 2.05) is 32.0 Å². The van der Waals surface area contributed by atoms with Crippen molar-refractivity contribution < 1.29 is 18.0 Å². The van der Waals surface area contributed by atoms with Crippen LogP contribution in [0.3, 0.4) is 0 Å². The molecule has 1 aliphatic heterocycles. The van der Waals surface area contributed by atoms with E-state index in [0.717, 1.165) is 47.5 Å². The molecule has 0 unspecified atom stereocenters. The summed E-state index contributed by atoms with van der Waals surface area (Å²) >= 11 is 0. The minimum atomic E-state index is -3.95. The number of hydrogen-bond acceptors (Lipinski definition) is 4. The van der Waals surface area contributed by atoms with Crippen LogP contribution >= 0.6 is 0 Å². The molecule has 4 rings (SSSR count). The molecule has 34 heavy (non-hydrogen) atoms. The third kappa shape index (κ3) is 4.61. The topological polar surface area (TPSA) is 86.8 Å². The fourth-order valence-electron chi connectivity index (χ4n) is 5.00. The molecule has 1 N–H and O–H groups in total. The van der Waals surface area contributed by atoms with Crippen molar-refractivity contribution in [2.24, 2.45) is 0 Å². The molecule has 1 heterocycles. The van der Waals surface area contributed by atoms with Crippen LogP contribution in [-0.2, 0) is 19.6 Å². The SMILES string of the molecule is Cc1ccc(C)c(N2C(=O)CN(S(=O)(=O)c3ccccc3)C[C@@]2(C)C(=O)NC2CCCCC2)c1. The number of rotatable bonds is 5. The summed E-state index contributed by atoms with van der Waals surface area (Å²) in [6.45, 7) is 5.06. The van der Waals surface area contributed by atoms with Crippen molar-refractivity contribution in [2.45, 2.75) is 69.4 Å². The van der Waals surface area contributed by atoms with Crippen LogP contribution in [-0.4, -0.2) is 49.2 Å². The molecule has 1 saturated heterocycles. The van der Waals surface area contributed by atoms with Crippen molar-refractivity contribution in [3.63, 3.8) is 0 Å². The van der Waals surface area contributed by atoms with Crippen LogP contribution in [0.2, 0.25) is 0 Å². The summed E-state index contributed by atoms with van der Waals surface area (Å²) in [5.41, 5.74) is 1.06. The van der Waals surface area contributed by atoms with Gasteiger partial charge in [-0.2, -0.15) is 4.31 Å². The van der Waals surface area contributed by atoms with Crippen LogP contribution in [0.4, 0.5) is 5.69 Å². The maximum atomic E-state index is 13.8. The number of sulfonamides is 1. The summed E-state index contributed by atoms with van der Waals surface area (Å²) in [6.07, 6.45) is 5.04. The number of amides is 2. The second-order valence-electron chi connectivity index (χ2n) is 9.69. The van der Waals surface area contributed by atoms with E-state index >= 15 is 0 Å². The van der Waals surface area contributed by atoms with Gasteiger partial charge in [0, 0.05) is 18.3 Å². The molecule has 1 aliphatic carbocycles. The first-order valence-electron chi connectivity index (χ1n) is 11.9. The number of aryl methyl sites for hydroxylation is 2. The molecule has 1 saturated carbocycles. The minimum absolute atomic E-state index is 0.0368. The van der Waals surface area contributed by atoms with Crippen molar-refractivity contribution in [2.75, 3.05) is 18.0 Å². The average Bonchev–Trinajstić information content (AvgIpc) is 2.82. The van der Waals surface area contributed by atoms with Crippen LogP contribution in [0, 0.1) is 13.8 Å². The summed E-state index contributed by atoms with van der Waals surface area (Å²) in [7, 11) is -3.95. The number of carbonyl (C=O) groups is 2. The second-order valence-corrected chi connectivity index (χ2v) is 11.6. The van der Waals surface area contributed by atoms with Crippen molar-refractivity contribution in [3.05, 3.63) is 59.7 Å². The Labute approximate surface area is 202 Å². The van der Waals surface area contributed by atoms with Crippen LogP contribution in [0.1, 0.15) is 50.2 Å². The zero-order chi connectivity index (χ0) is 24.5. The fraction of sp³-hybridized carbons (Fsp3) is 0.462. The lowest BCUT2D eigenvalue weighted by Crippen LogP contribution is -2.71. The average molecular weight is 484 g/mol. The molecule has 0 bridgehead atoms. The van der Waals surface area contributed by atoms with Crippen LogP contribution in [0.25, 0.3) is 0 Å². The predicted molar refractivity (Wildman–Crippen MR) is 132 cm³/mol. The van der Waals surface area contributed by atoms with Crippen LogP contribution in [0.15, 0.2) is 53.4 Å².